The zero-order valence-electron chi connectivity index (χ0n) is 15.5. The van der Waals surface area contributed by atoms with Gasteiger partial charge in [0.15, 0.2) is 0 Å². The standard InChI is InChI=1S/C6H8N2.3C4H9.CH3.Sn/c1-2-3-6-7-4-5-8-6;3*1-3-4-2;;/h2,4-5H,1,3H2,(H,7,8);3*1,3-4H2,2H3;1H3;. The Balaban J connectivity index is 0.000000461. The number of aromatic nitrogens is 2. The monoisotopic (exact) mass is 414 g/mol. The molecule has 0 unspecified atom stereocenters. The first-order valence-electron chi connectivity index (χ1n) is 9.21. The van der Waals surface area contributed by atoms with Crippen LogP contribution in [0.15, 0.2) is 25.0 Å². The minimum atomic E-state index is -1.56. The zero-order chi connectivity index (χ0) is 16.7. The third kappa shape index (κ3) is 11.3. The molecule has 1 rings (SSSR count). The number of imidazole rings is 1. The number of nitrogens with one attached hydrogen (secondary N) is 1. The number of H-pyrrole nitrogens is 1. The van der Waals surface area contributed by atoms with Crippen LogP contribution in [0.25, 0.3) is 0 Å². The third-order valence-corrected chi connectivity index (χ3v) is 17.7. The van der Waals surface area contributed by atoms with Crippen LogP contribution in [0.2, 0.25) is 18.2 Å². The summed E-state index contributed by atoms with van der Waals surface area (Å²) in [6.45, 7) is 10.6. The fraction of sp³-hybridized carbons (Fsp3) is 0.737. The van der Waals surface area contributed by atoms with Gasteiger partial charge in [-0.25, -0.2) is 4.98 Å². The van der Waals surface area contributed by atoms with Gasteiger partial charge in [-0.15, -0.1) is 6.58 Å². The summed E-state index contributed by atoms with van der Waals surface area (Å²) in [6.07, 6.45) is 14.9. The number of nitrogens with zero attached hydrogens (tertiary/aromatic N) is 1. The van der Waals surface area contributed by atoms with Crippen LogP contribution in [-0.4, -0.2) is 28.3 Å². The van der Waals surface area contributed by atoms with Gasteiger partial charge in [0, 0.05) is 18.8 Å². The molecule has 0 saturated heterocycles. The van der Waals surface area contributed by atoms with E-state index in [2.05, 4.69) is 42.3 Å². The molecule has 0 aliphatic rings. The topological polar surface area (TPSA) is 28.7 Å². The summed E-state index contributed by atoms with van der Waals surface area (Å²) in [5, 5.41) is 0. The molecule has 1 aromatic heterocycles. The van der Waals surface area contributed by atoms with E-state index in [1.807, 2.05) is 6.08 Å². The Hall–Kier alpha value is -0.251. The molecule has 0 amide bonds. The zero-order valence-corrected chi connectivity index (χ0v) is 18.3. The quantitative estimate of drug-likeness (QED) is 0.321. The molecule has 1 aromatic rings. The van der Waals surface area contributed by atoms with Crippen molar-refractivity contribution in [3.05, 3.63) is 30.9 Å². The van der Waals surface area contributed by atoms with Crippen molar-refractivity contribution >= 4 is 18.4 Å². The summed E-state index contributed by atoms with van der Waals surface area (Å²) >= 11 is -1.56. The Bertz CT molecular complexity index is 325. The maximum absolute atomic E-state index is 3.98. The first kappa shape index (κ1) is 21.7. The predicted octanol–water partition coefficient (Wildman–Crippen LogP) is 6.60. The van der Waals surface area contributed by atoms with Gasteiger partial charge in [0.05, 0.1) is 0 Å². The van der Waals surface area contributed by atoms with E-state index < -0.39 is 18.4 Å². The van der Waals surface area contributed by atoms with Crippen LogP contribution in [0.1, 0.15) is 65.1 Å². The van der Waals surface area contributed by atoms with Gasteiger partial charge in [-0.1, -0.05) is 6.08 Å². The Morgan fingerprint density at radius 3 is 1.86 bits per heavy atom. The molecule has 0 aromatic carbocycles. The molecule has 2 nitrogen and oxygen atoms in total. The third-order valence-electron chi connectivity index (χ3n) is 4.29. The van der Waals surface area contributed by atoms with Gasteiger partial charge in [-0.3, -0.25) is 0 Å². The number of hydrogen-bond donors (Lipinski definition) is 1. The number of allylic oxidation sites excluding steroid dienone is 1. The molecule has 22 heavy (non-hydrogen) atoms. The van der Waals surface area contributed by atoms with Crippen LogP contribution in [-0.2, 0) is 6.42 Å². The summed E-state index contributed by atoms with van der Waals surface area (Å²) in [5.41, 5.74) is 0. The molecule has 0 atom stereocenters. The van der Waals surface area contributed by atoms with E-state index in [-0.39, 0.29) is 0 Å². The van der Waals surface area contributed by atoms with Crippen molar-refractivity contribution in [1.29, 1.82) is 0 Å². The predicted molar refractivity (Wildman–Crippen MR) is 103 cm³/mol. The molecule has 0 bridgehead atoms. The second-order valence-corrected chi connectivity index (χ2v) is 21.3. The van der Waals surface area contributed by atoms with E-state index >= 15 is 0 Å². The molecule has 3 heteroatoms. The summed E-state index contributed by atoms with van der Waals surface area (Å²) < 4.78 is 4.97. The Kier molecular flexibility index (Phi) is 14.2. The number of rotatable bonds is 11. The van der Waals surface area contributed by atoms with Gasteiger partial charge in [-0.05, 0) is 0 Å². The number of aromatic amines is 1. The van der Waals surface area contributed by atoms with E-state index in [4.69, 9.17) is 0 Å². The molecule has 0 aliphatic carbocycles. The Morgan fingerprint density at radius 1 is 1.05 bits per heavy atom. The molecule has 0 radical (unpaired) electrons. The molecule has 128 valence electrons. The van der Waals surface area contributed by atoms with Crippen molar-refractivity contribution in [2.24, 2.45) is 0 Å². The molecular weight excluding hydrogens is 375 g/mol. The number of unbranched alkanes of at least 4 members (excludes halogenated alkanes) is 3. The van der Waals surface area contributed by atoms with Gasteiger partial charge in [-0.2, -0.15) is 0 Å². The van der Waals surface area contributed by atoms with Crippen LogP contribution < -0.4 is 0 Å². The van der Waals surface area contributed by atoms with Crippen molar-refractivity contribution in [3.8, 4) is 0 Å². The Morgan fingerprint density at radius 2 is 1.55 bits per heavy atom. The molecule has 0 spiro atoms. The van der Waals surface area contributed by atoms with Crippen LogP contribution in [0.4, 0.5) is 0 Å². The Labute approximate surface area is 143 Å². The second kappa shape index (κ2) is 14.3. The van der Waals surface area contributed by atoms with Crippen molar-refractivity contribution in [3.63, 3.8) is 0 Å². The van der Waals surface area contributed by atoms with Crippen LogP contribution >= 0.6 is 0 Å². The molecule has 0 aliphatic heterocycles. The van der Waals surface area contributed by atoms with Crippen molar-refractivity contribution in [1.82, 2.24) is 9.97 Å². The van der Waals surface area contributed by atoms with E-state index in [9.17, 15) is 0 Å². The van der Waals surface area contributed by atoms with Gasteiger partial charge in [0.2, 0.25) is 0 Å². The summed E-state index contributed by atoms with van der Waals surface area (Å²) in [7, 11) is 0. The van der Waals surface area contributed by atoms with Gasteiger partial charge in [0.25, 0.3) is 0 Å². The van der Waals surface area contributed by atoms with Crippen LogP contribution in [0.5, 0.6) is 0 Å². The van der Waals surface area contributed by atoms with Crippen molar-refractivity contribution in [2.45, 2.75) is 84.0 Å². The van der Waals surface area contributed by atoms with Crippen molar-refractivity contribution < 1.29 is 0 Å². The van der Waals surface area contributed by atoms with Gasteiger partial charge < -0.3 is 4.98 Å². The average Bonchev–Trinajstić information content (AvgIpc) is 3.03. The SMILES string of the molecule is C=CCc1ncc[nH]1.CCC[CH2][Sn]([CH3])([CH2]CCC)[CH2]CCC. The van der Waals surface area contributed by atoms with Gasteiger partial charge >= 0.3 is 95.9 Å². The fourth-order valence-corrected chi connectivity index (χ4v) is 15.2. The first-order valence-corrected chi connectivity index (χ1v) is 18.1. The summed E-state index contributed by atoms with van der Waals surface area (Å²) in [6, 6.07) is 0. The van der Waals surface area contributed by atoms with E-state index in [1.54, 1.807) is 25.7 Å². The normalized spacial score (nSPS) is 10.9. The number of hydrogen-bond acceptors (Lipinski definition) is 1. The average molecular weight is 413 g/mol. The second-order valence-electron chi connectivity index (χ2n) is 6.65. The van der Waals surface area contributed by atoms with Crippen LogP contribution in [0.3, 0.4) is 0 Å². The summed E-state index contributed by atoms with van der Waals surface area (Å²) in [5.74, 6) is 0.972. The molecule has 1 N–H and O–H groups in total. The van der Waals surface area contributed by atoms with Crippen LogP contribution in [0, 0.1) is 0 Å². The molecular formula is C19H38N2Sn. The van der Waals surface area contributed by atoms with Gasteiger partial charge in [0.1, 0.15) is 5.82 Å². The first-order chi connectivity index (χ1) is 10.6. The van der Waals surface area contributed by atoms with E-state index in [0.717, 1.165) is 12.2 Å². The van der Waals surface area contributed by atoms with Crippen molar-refractivity contribution in [2.75, 3.05) is 0 Å². The molecule has 0 saturated carbocycles. The summed E-state index contributed by atoms with van der Waals surface area (Å²) in [4.78, 5) is 9.65. The van der Waals surface area contributed by atoms with E-state index in [1.165, 1.54) is 38.5 Å². The molecule has 0 fully saturated rings. The molecule has 1 heterocycles. The minimum absolute atomic E-state index is 0.826. The maximum atomic E-state index is 3.98. The van der Waals surface area contributed by atoms with E-state index in [0.29, 0.717) is 0 Å². The fourth-order valence-electron chi connectivity index (χ4n) is 2.73.